The highest BCUT2D eigenvalue weighted by Gasteiger charge is 2.37. The zero-order chi connectivity index (χ0) is 25.7. The third kappa shape index (κ3) is 4.55. The molecule has 0 saturated carbocycles. The van der Waals surface area contributed by atoms with Crippen LogP contribution in [0.2, 0.25) is 0 Å². The van der Waals surface area contributed by atoms with Gasteiger partial charge in [0.25, 0.3) is 0 Å². The summed E-state index contributed by atoms with van der Waals surface area (Å²) in [4.78, 5) is 0. The average molecular weight is 499 g/mol. The van der Waals surface area contributed by atoms with Crippen LogP contribution in [0.4, 0.5) is 4.39 Å². The molecule has 1 N–H and O–H groups in total. The maximum Gasteiger partial charge on any atom is 0.304 e. The highest BCUT2D eigenvalue weighted by atomic mass is 19.1. The molecule has 4 aliphatic carbocycles. The standard InChI is InChI=1S/C31H32FN3O2/c1-31(2,3)29-17-37-18-30-33-35(19-34(29)30)27-15-21-5-9-22-8-4-20(6-10-23(27)11-7-21)14-25(22)26-16-24(32)12-13-28(26)36/h4,7-8,11-16,19,29H,5-6,9-10,17-18H2,1-3H3/p+1/t29-/m1/s1. The number of hydrogen-bond acceptors (Lipinski definition) is 3. The molecule has 1 aliphatic heterocycles. The fraction of sp³-hybridized carbons (Fsp3) is 0.355. The number of aromatic nitrogens is 3. The second kappa shape index (κ2) is 9.10. The summed E-state index contributed by atoms with van der Waals surface area (Å²) >= 11 is 0. The van der Waals surface area contributed by atoms with Gasteiger partial charge < -0.3 is 9.84 Å². The molecule has 4 aromatic rings. The Morgan fingerprint density at radius 1 is 0.919 bits per heavy atom. The van der Waals surface area contributed by atoms with Crippen LogP contribution in [0.15, 0.2) is 60.9 Å². The van der Waals surface area contributed by atoms with E-state index in [0.717, 1.165) is 53.9 Å². The number of phenols is 1. The van der Waals surface area contributed by atoms with Gasteiger partial charge in [0.1, 0.15) is 29.9 Å². The Kier molecular flexibility index (Phi) is 5.87. The summed E-state index contributed by atoms with van der Waals surface area (Å²) in [5.41, 5.74) is 7.36. The Morgan fingerprint density at radius 3 is 2.43 bits per heavy atom. The number of fused-ring (bicyclic) bond motifs is 1. The number of rotatable bonds is 2. The molecule has 5 aliphatic rings. The van der Waals surface area contributed by atoms with E-state index in [2.05, 4.69) is 68.1 Å². The first-order chi connectivity index (χ1) is 17.8. The number of aryl methyl sites for hydroxylation is 4. The van der Waals surface area contributed by atoms with E-state index in [0.29, 0.717) is 18.8 Å². The lowest BCUT2D eigenvalue weighted by Crippen LogP contribution is -2.53. The third-order valence-corrected chi connectivity index (χ3v) is 7.78. The second-order valence-electron chi connectivity index (χ2n) is 11.4. The minimum Gasteiger partial charge on any atom is -0.507 e. The first-order valence-electron chi connectivity index (χ1n) is 13.1. The molecule has 0 amide bonds. The molecule has 4 bridgehead atoms. The lowest BCUT2D eigenvalue weighted by atomic mass is 9.86. The van der Waals surface area contributed by atoms with E-state index in [1.807, 2.05) is 4.68 Å². The molecule has 2 heterocycles. The van der Waals surface area contributed by atoms with Crippen LogP contribution < -0.4 is 4.57 Å². The fourth-order valence-corrected chi connectivity index (χ4v) is 5.59. The van der Waals surface area contributed by atoms with E-state index >= 15 is 0 Å². The summed E-state index contributed by atoms with van der Waals surface area (Å²) < 4.78 is 24.3. The van der Waals surface area contributed by atoms with E-state index in [9.17, 15) is 9.50 Å². The van der Waals surface area contributed by atoms with Gasteiger partial charge in [-0.1, -0.05) is 55.8 Å². The van der Waals surface area contributed by atoms with Gasteiger partial charge in [-0.2, -0.15) is 0 Å². The first-order valence-corrected chi connectivity index (χ1v) is 13.1. The van der Waals surface area contributed by atoms with E-state index < -0.39 is 0 Å². The summed E-state index contributed by atoms with van der Waals surface area (Å²) in [6.07, 6.45) is 5.43. The zero-order valence-electron chi connectivity index (χ0n) is 21.7. The first kappa shape index (κ1) is 23.9. The second-order valence-corrected chi connectivity index (χ2v) is 11.4. The van der Waals surface area contributed by atoms with Gasteiger partial charge >= 0.3 is 5.82 Å². The van der Waals surface area contributed by atoms with Crippen molar-refractivity contribution >= 4 is 0 Å². The van der Waals surface area contributed by atoms with Gasteiger partial charge in [0.2, 0.25) is 6.33 Å². The van der Waals surface area contributed by atoms with Crippen molar-refractivity contribution in [2.75, 3.05) is 6.61 Å². The van der Waals surface area contributed by atoms with Gasteiger partial charge in [0.05, 0.1) is 6.61 Å². The molecule has 3 aromatic carbocycles. The van der Waals surface area contributed by atoms with Crippen LogP contribution in [0, 0.1) is 11.2 Å². The SMILES string of the molecule is CC(C)(C)[C@H]1COCc2nn(-c3cc4ccc3CCc3ccc(c(-c5cc(F)ccc5O)c3)CC4)c[n+]21. The maximum absolute atomic E-state index is 14.1. The lowest BCUT2D eigenvalue weighted by Gasteiger charge is -2.31. The minimum absolute atomic E-state index is 0.0644. The van der Waals surface area contributed by atoms with Crippen LogP contribution in [-0.2, 0) is 37.0 Å². The van der Waals surface area contributed by atoms with Crippen molar-refractivity contribution in [3.05, 3.63) is 94.8 Å². The molecule has 37 heavy (non-hydrogen) atoms. The Morgan fingerprint density at radius 2 is 1.65 bits per heavy atom. The molecule has 0 spiro atoms. The van der Waals surface area contributed by atoms with Crippen LogP contribution >= 0.6 is 0 Å². The normalized spacial score (nSPS) is 17.4. The van der Waals surface area contributed by atoms with Crippen molar-refractivity contribution < 1.29 is 18.8 Å². The van der Waals surface area contributed by atoms with Crippen molar-refractivity contribution in [2.45, 2.75) is 59.1 Å². The molecule has 1 aromatic heterocycles. The minimum atomic E-state index is -0.344. The summed E-state index contributed by atoms with van der Waals surface area (Å²) in [7, 11) is 0. The van der Waals surface area contributed by atoms with E-state index in [-0.39, 0.29) is 23.0 Å². The Balaban J connectivity index is 1.39. The van der Waals surface area contributed by atoms with Crippen LogP contribution in [0.25, 0.3) is 16.8 Å². The number of hydrogen-bond donors (Lipinski definition) is 1. The quantitative estimate of drug-likeness (QED) is 0.362. The molecular formula is C31H33FN3O2+. The highest BCUT2D eigenvalue weighted by Crippen LogP contribution is 2.35. The fourth-order valence-electron chi connectivity index (χ4n) is 5.59. The Bertz CT molecular complexity index is 1480. The van der Waals surface area contributed by atoms with Crippen molar-refractivity contribution in [1.82, 2.24) is 9.78 Å². The van der Waals surface area contributed by atoms with Crippen LogP contribution in [0.5, 0.6) is 5.75 Å². The highest BCUT2D eigenvalue weighted by molar-refractivity contribution is 5.74. The van der Waals surface area contributed by atoms with E-state index in [1.54, 1.807) is 0 Å². The van der Waals surface area contributed by atoms with Crippen molar-refractivity contribution in [2.24, 2.45) is 5.41 Å². The van der Waals surface area contributed by atoms with Crippen molar-refractivity contribution in [3.63, 3.8) is 0 Å². The van der Waals surface area contributed by atoms with Crippen molar-refractivity contribution in [1.29, 1.82) is 0 Å². The number of phenolic OH excluding ortho intramolecular Hbond substituents is 1. The number of ether oxygens (including phenoxy) is 1. The third-order valence-electron chi connectivity index (χ3n) is 7.78. The predicted octanol–water partition coefficient (Wildman–Crippen LogP) is 5.67. The summed E-state index contributed by atoms with van der Waals surface area (Å²) in [5, 5.41) is 15.5. The van der Waals surface area contributed by atoms with Gasteiger partial charge in [0, 0.05) is 10.7 Å². The molecule has 1 atom stereocenters. The molecule has 6 heteroatoms. The van der Waals surface area contributed by atoms with Crippen molar-refractivity contribution in [3.8, 4) is 22.6 Å². The Hall–Kier alpha value is -3.51. The van der Waals surface area contributed by atoms with Gasteiger partial charge in [-0.25, -0.2) is 8.96 Å². The maximum atomic E-state index is 14.1. The lowest BCUT2D eigenvalue weighted by molar-refractivity contribution is -0.755. The summed E-state index contributed by atoms with van der Waals surface area (Å²) in [5.74, 6) is 0.719. The molecule has 0 unspecified atom stereocenters. The number of benzene rings is 3. The molecule has 5 nitrogen and oxygen atoms in total. The summed E-state index contributed by atoms with van der Waals surface area (Å²) in [6, 6.07) is 17.5. The van der Waals surface area contributed by atoms with E-state index in [4.69, 9.17) is 9.84 Å². The predicted molar refractivity (Wildman–Crippen MR) is 140 cm³/mol. The monoisotopic (exact) mass is 498 g/mol. The smallest absolute Gasteiger partial charge is 0.304 e. The van der Waals surface area contributed by atoms with Crippen LogP contribution in [0.1, 0.15) is 54.9 Å². The number of nitrogens with zero attached hydrogens (tertiary/aromatic N) is 3. The van der Waals surface area contributed by atoms with E-state index in [1.165, 1.54) is 29.3 Å². The topological polar surface area (TPSA) is 51.2 Å². The molecular weight excluding hydrogens is 465 g/mol. The Labute approximate surface area is 217 Å². The molecule has 0 saturated heterocycles. The van der Waals surface area contributed by atoms with Crippen LogP contribution in [0.3, 0.4) is 0 Å². The molecule has 0 fully saturated rings. The van der Waals surface area contributed by atoms with Gasteiger partial charge in [-0.3, -0.25) is 0 Å². The zero-order valence-corrected chi connectivity index (χ0v) is 21.7. The molecule has 9 rings (SSSR count). The van der Waals surface area contributed by atoms with Gasteiger partial charge in [-0.15, -0.1) is 0 Å². The molecule has 190 valence electrons. The number of halogens is 1. The van der Waals surface area contributed by atoms with Crippen LogP contribution in [-0.4, -0.2) is 21.5 Å². The summed E-state index contributed by atoms with van der Waals surface area (Å²) in [6.45, 7) is 7.95. The van der Waals surface area contributed by atoms with Gasteiger partial charge in [-0.05, 0) is 83.2 Å². The largest absolute Gasteiger partial charge is 0.507 e. The average Bonchev–Trinajstić information content (AvgIpc) is 3.30. The number of aromatic hydroxyl groups is 1. The van der Waals surface area contributed by atoms with Gasteiger partial charge in [0.15, 0.2) is 0 Å². The molecule has 0 radical (unpaired) electrons.